The van der Waals surface area contributed by atoms with Gasteiger partial charge in [0.2, 0.25) is 5.91 Å². The van der Waals surface area contributed by atoms with Gasteiger partial charge in [0.15, 0.2) is 12.1 Å². The third-order valence-electron chi connectivity index (χ3n) is 7.31. The van der Waals surface area contributed by atoms with Crippen molar-refractivity contribution in [3.8, 4) is 5.75 Å². The Bertz CT molecular complexity index is 987. The summed E-state index contributed by atoms with van der Waals surface area (Å²) >= 11 is 0. The van der Waals surface area contributed by atoms with E-state index in [1.165, 1.54) is 6.39 Å². The Hall–Kier alpha value is -2.83. The summed E-state index contributed by atoms with van der Waals surface area (Å²) in [6.45, 7) is 3.10. The van der Waals surface area contributed by atoms with E-state index in [1.54, 1.807) is 14.0 Å². The number of nitrogens with zero attached hydrogens (tertiary/aromatic N) is 3. The van der Waals surface area contributed by atoms with Crippen molar-refractivity contribution >= 4 is 11.8 Å². The molecule has 3 aliphatic rings. The Morgan fingerprint density at radius 1 is 1.29 bits per heavy atom. The van der Waals surface area contributed by atoms with Crippen molar-refractivity contribution in [2.24, 2.45) is 11.8 Å². The van der Waals surface area contributed by atoms with Gasteiger partial charge in [0.05, 0.1) is 7.11 Å². The predicted molar refractivity (Wildman–Crippen MR) is 114 cm³/mol. The van der Waals surface area contributed by atoms with Gasteiger partial charge < -0.3 is 19.0 Å². The number of aromatic nitrogens is 1. The van der Waals surface area contributed by atoms with Crippen LogP contribution in [0.4, 0.5) is 0 Å². The van der Waals surface area contributed by atoms with Crippen LogP contribution in [0.5, 0.6) is 5.75 Å². The van der Waals surface area contributed by atoms with Crippen LogP contribution >= 0.6 is 0 Å². The number of benzene rings is 1. The molecule has 2 bridgehead atoms. The van der Waals surface area contributed by atoms with E-state index in [0.717, 1.165) is 37.0 Å². The number of methoxy groups -OCH3 is 1. The number of amides is 2. The molecule has 3 fully saturated rings. The number of piperidine rings is 3. The third-order valence-corrected chi connectivity index (χ3v) is 7.31. The SMILES string of the molecule is COc1cccc(C[C@H]2[C@H]3C[C@H](CN(C(=O)c4ncoc4C)C3)[C@@H]3CCCC(=O)N32)c1. The minimum Gasteiger partial charge on any atom is -0.497 e. The molecule has 1 aromatic heterocycles. The van der Waals surface area contributed by atoms with Gasteiger partial charge in [-0.1, -0.05) is 12.1 Å². The summed E-state index contributed by atoms with van der Waals surface area (Å²) < 4.78 is 10.7. The fourth-order valence-corrected chi connectivity index (χ4v) is 5.90. The molecule has 4 atom stereocenters. The quantitative estimate of drug-likeness (QED) is 0.755. The largest absolute Gasteiger partial charge is 0.497 e. The summed E-state index contributed by atoms with van der Waals surface area (Å²) in [6.07, 6.45) is 5.75. The normalized spacial score (nSPS) is 27.7. The Labute approximate surface area is 182 Å². The highest BCUT2D eigenvalue weighted by atomic mass is 16.5. The fraction of sp³-hybridized carbons (Fsp3) is 0.542. The molecule has 0 spiro atoms. The van der Waals surface area contributed by atoms with Gasteiger partial charge in [0, 0.05) is 31.6 Å². The zero-order chi connectivity index (χ0) is 21.5. The second-order valence-corrected chi connectivity index (χ2v) is 9.11. The number of carbonyl (C=O) groups excluding carboxylic acids is 2. The minimum absolute atomic E-state index is 0.0586. The maximum Gasteiger partial charge on any atom is 0.276 e. The first-order valence-electron chi connectivity index (χ1n) is 11.2. The van der Waals surface area contributed by atoms with E-state index in [9.17, 15) is 9.59 Å². The van der Waals surface area contributed by atoms with Gasteiger partial charge in [-0.25, -0.2) is 4.98 Å². The van der Waals surface area contributed by atoms with Gasteiger partial charge in [-0.3, -0.25) is 9.59 Å². The zero-order valence-corrected chi connectivity index (χ0v) is 18.1. The van der Waals surface area contributed by atoms with Crippen LogP contribution in [-0.2, 0) is 11.2 Å². The number of oxazole rings is 1. The smallest absolute Gasteiger partial charge is 0.276 e. The lowest BCUT2D eigenvalue weighted by molar-refractivity contribution is -0.151. The minimum atomic E-state index is -0.0586. The van der Waals surface area contributed by atoms with Crippen LogP contribution < -0.4 is 4.74 Å². The van der Waals surface area contributed by atoms with E-state index in [0.29, 0.717) is 36.9 Å². The molecule has 164 valence electrons. The monoisotopic (exact) mass is 423 g/mol. The molecule has 2 amide bonds. The molecule has 2 aromatic rings. The number of aryl methyl sites for hydroxylation is 1. The molecule has 0 aliphatic carbocycles. The summed E-state index contributed by atoms with van der Waals surface area (Å²) in [5.41, 5.74) is 1.57. The van der Waals surface area contributed by atoms with Gasteiger partial charge >= 0.3 is 0 Å². The first kappa shape index (κ1) is 20.1. The number of hydrogen-bond acceptors (Lipinski definition) is 5. The van der Waals surface area contributed by atoms with Gasteiger partial charge in [-0.2, -0.15) is 0 Å². The van der Waals surface area contributed by atoms with Crippen molar-refractivity contribution in [1.82, 2.24) is 14.8 Å². The average Bonchev–Trinajstić information content (AvgIpc) is 3.22. The Balaban J connectivity index is 1.45. The zero-order valence-electron chi connectivity index (χ0n) is 18.1. The van der Waals surface area contributed by atoms with E-state index in [-0.39, 0.29) is 29.8 Å². The van der Waals surface area contributed by atoms with E-state index < -0.39 is 0 Å². The van der Waals surface area contributed by atoms with E-state index in [4.69, 9.17) is 9.15 Å². The first-order valence-corrected chi connectivity index (χ1v) is 11.2. The van der Waals surface area contributed by atoms with E-state index in [1.807, 2.05) is 17.0 Å². The molecule has 0 radical (unpaired) electrons. The Kier molecular flexibility index (Phi) is 5.20. The first-order chi connectivity index (χ1) is 15.0. The lowest BCUT2D eigenvalue weighted by Crippen LogP contribution is -2.66. The van der Waals surface area contributed by atoms with Crippen molar-refractivity contribution < 1.29 is 18.7 Å². The van der Waals surface area contributed by atoms with E-state index >= 15 is 0 Å². The highest BCUT2D eigenvalue weighted by Crippen LogP contribution is 2.43. The summed E-state index contributed by atoms with van der Waals surface area (Å²) in [7, 11) is 1.67. The van der Waals surface area contributed by atoms with Crippen molar-refractivity contribution in [1.29, 1.82) is 0 Å². The molecule has 31 heavy (non-hydrogen) atoms. The Morgan fingerprint density at radius 3 is 2.90 bits per heavy atom. The number of ether oxygens (including phenoxy) is 1. The van der Waals surface area contributed by atoms with Gasteiger partial charge in [-0.15, -0.1) is 0 Å². The number of carbonyl (C=O) groups is 2. The molecular weight excluding hydrogens is 394 g/mol. The molecule has 4 heterocycles. The van der Waals surface area contributed by atoms with Crippen LogP contribution in [0.2, 0.25) is 0 Å². The van der Waals surface area contributed by atoms with Crippen molar-refractivity contribution in [3.63, 3.8) is 0 Å². The molecule has 0 saturated carbocycles. The molecule has 0 N–H and O–H groups in total. The number of hydrogen-bond donors (Lipinski definition) is 0. The number of rotatable bonds is 4. The van der Waals surface area contributed by atoms with Crippen molar-refractivity contribution in [2.75, 3.05) is 20.2 Å². The molecule has 1 aromatic carbocycles. The lowest BCUT2D eigenvalue weighted by Gasteiger charge is -2.56. The maximum absolute atomic E-state index is 13.2. The second kappa shape index (κ2) is 8.02. The summed E-state index contributed by atoms with van der Waals surface area (Å²) in [6, 6.07) is 8.40. The van der Waals surface area contributed by atoms with Crippen LogP contribution in [0, 0.1) is 18.8 Å². The lowest BCUT2D eigenvalue weighted by atomic mass is 9.70. The van der Waals surface area contributed by atoms with Crippen LogP contribution in [-0.4, -0.2) is 58.9 Å². The summed E-state index contributed by atoms with van der Waals surface area (Å²) in [4.78, 5) is 34.5. The average molecular weight is 424 g/mol. The van der Waals surface area contributed by atoms with Crippen LogP contribution in [0.25, 0.3) is 0 Å². The highest BCUT2D eigenvalue weighted by Gasteiger charge is 2.50. The summed E-state index contributed by atoms with van der Waals surface area (Å²) in [5.74, 6) is 2.17. The molecular formula is C24H29N3O4. The molecule has 5 rings (SSSR count). The number of likely N-dealkylation sites (tertiary alicyclic amines) is 1. The topological polar surface area (TPSA) is 75.9 Å². The highest BCUT2D eigenvalue weighted by molar-refractivity contribution is 5.93. The predicted octanol–water partition coefficient (Wildman–Crippen LogP) is 3.08. The second-order valence-electron chi connectivity index (χ2n) is 9.11. The summed E-state index contributed by atoms with van der Waals surface area (Å²) in [5, 5.41) is 0. The fourth-order valence-electron chi connectivity index (χ4n) is 5.90. The molecule has 3 saturated heterocycles. The third kappa shape index (κ3) is 3.60. The molecule has 3 aliphatic heterocycles. The van der Waals surface area contributed by atoms with Crippen LogP contribution in [0.3, 0.4) is 0 Å². The Morgan fingerprint density at radius 2 is 2.13 bits per heavy atom. The van der Waals surface area contributed by atoms with Crippen molar-refractivity contribution in [2.45, 2.75) is 51.1 Å². The van der Waals surface area contributed by atoms with Crippen LogP contribution in [0.15, 0.2) is 35.1 Å². The van der Waals surface area contributed by atoms with Gasteiger partial charge in [-0.05, 0) is 62.1 Å². The molecule has 0 unspecified atom stereocenters. The molecule has 7 nitrogen and oxygen atoms in total. The number of fused-ring (bicyclic) bond motifs is 4. The standard InChI is InChI=1S/C24H29N3O4/c1-15-23(25-14-31-15)24(29)26-12-17-11-18(13-26)21(27-20(17)7-4-8-22(27)28)10-16-5-3-6-19(9-16)30-2/h3,5-6,9,14,17-18,20-21H,4,7-8,10-13H2,1-2H3/t17-,18+,20+,21+/m1/s1. The van der Waals surface area contributed by atoms with Gasteiger partial charge in [0.25, 0.3) is 5.91 Å². The van der Waals surface area contributed by atoms with Gasteiger partial charge in [0.1, 0.15) is 11.5 Å². The van der Waals surface area contributed by atoms with Crippen molar-refractivity contribution in [3.05, 3.63) is 47.7 Å². The maximum atomic E-state index is 13.2. The molecule has 7 heteroatoms. The van der Waals surface area contributed by atoms with Crippen LogP contribution in [0.1, 0.15) is 47.5 Å². The van der Waals surface area contributed by atoms with E-state index in [2.05, 4.69) is 22.0 Å².